The lowest BCUT2D eigenvalue weighted by Crippen LogP contribution is -1.77. The molecule has 10 heavy (non-hydrogen) atoms. The van der Waals surface area contributed by atoms with Crippen molar-refractivity contribution in [2.24, 2.45) is 0 Å². The molecule has 1 rings (SSSR count). The van der Waals surface area contributed by atoms with Crippen molar-refractivity contribution < 1.29 is 0 Å². The largest absolute Gasteiger partial charge is 0.180 e. The molecule has 0 atom stereocenters. The summed E-state index contributed by atoms with van der Waals surface area (Å²) in [7, 11) is 0. The van der Waals surface area contributed by atoms with E-state index in [0.717, 1.165) is 0 Å². The molecule has 0 saturated carbocycles. The number of alkyl halides is 3. The van der Waals surface area contributed by atoms with Crippen molar-refractivity contribution in [2.45, 2.75) is 30.0 Å². The van der Waals surface area contributed by atoms with Gasteiger partial charge < -0.3 is 0 Å². The van der Waals surface area contributed by atoms with E-state index in [0.29, 0.717) is 0 Å². The Labute approximate surface area is 77.1 Å². The summed E-state index contributed by atoms with van der Waals surface area (Å²) in [5.41, 5.74) is 0. The van der Waals surface area contributed by atoms with E-state index in [9.17, 15) is 0 Å². The Hall–Kier alpha value is 0.610. The zero-order valence-electron chi connectivity index (χ0n) is 5.69. The highest BCUT2D eigenvalue weighted by molar-refractivity contribution is 6.63. The second kappa shape index (κ2) is 7.71. The Morgan fingerprint density at radius 2 is 1.20 bits per heavy atom. The summed E-state index contributed by atoms with van der Waals surface area (Å²) in [6.07, 6.45) is 10.0. The lowest BCUT2D eigenvalue weighted by molar-refractivity contribution is 0.730. The van der Waals surface area contributed by atoms with Gasteiger partial charge in [0.25, 0.3) is 0 Å². The number of halogens is 3. The predicted octanol–water partition coefficient (Wildman–Crippen LogP) is 4.10. The Morgan fingerprint density at radius 1 is 0.900 bits per heavy atom. The maximum absolute atomic E-state index is 4.81. The molecule has 0 radical (unpaired) electrons. The fraction of sp³-hybridized carbons (Fsp3) is 0.714. The summed E-state index contributed by atoms with van der Waals surface area (Å²) < 4.78 is -0.750. The Balaban J connectivity index is 0.000000180. The molecule has 60 valence electrons. The molecule has 0 nitrogen and oxygen atoms in total. The average Bonchev–Trinajstić information content (AvgIpc) is 1.90. The summed E-state index contributed by atoms with van der Waals surface area (Å²) in [5.74, 6) is 0. The highest BCUT2D eigenvalue weighted by atomic mass is 35.6. The third kappa shape index (κ3) is 11.4. The first-order valence-electron chi connectivity index (χ1n) is 3.30. The van der Waals surface area contributed by atoms with Crippen LogP contribution in [0.25, 0.3) is 0 Å². The molecule has 0 aliphatic heterocycles. The molecule has 0 bridgehead atoms. The molecular formula is C7H11Cl3. The number of hydrogen-bond acceptors (Lipinski definition) is 0. The van der Waals surface area contributed by atoms with Crippen molar-refractivity contribution in [3.63, 3.8) is 0 Å². The van der Waals surface area contributed by atoms with Crippen LogP contribution in [0.1, 0.15) is 25.7 Å². The molecular weight excluding hydrogens is 190 g/mol. The maximum Gasteiger partial charge on any atom is 0.180 e. The second-order valence-electron chi connectivity index (χ2n) is 2.00. The summed E-state index contributed by atoms with van der Waals surface area (Å²) in [6, 6.07) is 0. The third-order valence-electron chi connectivity index (χ3n) is 1.16. The first-order valence-corrected chi connectivity index (χ1v) is 4.61. The molecule has 0 saturated heterocycles. The zero-order chi connectivity index (χ0) is 7.82. The molecule has 1 aliphatic rings. The SMILES string of the molecule is C1=CCCCC1.ClC(Cl)Cl. The molecule has 0 aromatic heterocycles. The van der Waals surface area contributed by atoms with Gasteiger partial charge in [-0.25, -0.2) is 0 Å². The topological polar surface area (TPSA) is 0 Å². The van der Waals surface area contributed by atoms with Gasteiger partial charge in [0, 0.05) is 0 Å². The fourth-order valence-corrected chi connectivity index (χ4v) is 0.760. The Kier molecular flexibility index (Phi) is 8.18. The Morgan fingerprint density at radius 3 is 1.30 bits per heavy atom. The predicted molar refractivity (Wildman–Crippen MR) is 49.0 cm³/mol. The first kappa shape index (κ1) is 10.6. The molecule has 1 aliphatic carbocycles. The molecule has 0 fully saturated rings. The van der Waals surface area contributed by atoms with Crippen LogP contribution in [-0.4, -0.2) is 4.30 Å². The van der Waals surface area contributed by atoms with Crippen molar-refractivity contribution in [2.75, 3.05) is 0 Å². The molecule has 0 spiro atoms. The fourth-order valence-electron chi connectivity index (χ4n) is 0.760. The van der Waals surface area contributed by atoms with Gasteiger partial charge >= 0.3 is 0 Å². The van der Waals surface area contributed by atoms with Crippen molar-refractivity contribution in [3.8, 4) is 0 Å². The highest BCUT2D eigenvalue weighted by Gasteiger charge is 1.87. The maximum atomic E-state index is 4.81. The van der Waals surface area contributed by atoms with Gasteiger partial charge in [0.2, 0.25) is 0 Å². The molecule has 0 N–H and O–H groups in total. The molecule has 0 heterocycles. The monoisotopic (exact) mass is 200 g/mol. The molecule has 3 heteroatoms. The van der Waals surface area contributed by atoms with Crippen LogP contribution in [0.3, 0.4) is 0 Å². The van der Waals surface area contributed by atoms with E-state index in [1.807, 2.05) is 0 Å². The van der Waals surface area contributed by atoms with E-state index in [1.54, 1.807) is 0 Å². The van der Waals surface area contributed by atoms with Crippen LogP contribution >= 0.6 is 34.8 Å². The third-order valence-corrected chi connectivity index (χ3v) is 1.16. The number of allylic oxidation sites excluding steroid dienone is 2. The molecule has 0 unspecified atom stereocenters. The quantitative estimate of drug-likeness (QED) is 0.409. The van der Waals surface area contributed by atoms with E-state index in [1.165, 1.54) is 25.7 Å². The van der Waals surface area contributed by atoms with Gasteiger partial charge in [-0.15, -0.1) is 0 Å². The lowest BCUT2D eigenvalue weighted by atomic mass is 10.1. The van der Waals surface area contributed by atoms with Crippen LogP contribution in [0.15, 0.2) is 12.2 Å². The first-order chi connectivity index (χ1) is 4.73. The van der Waals surface area contributed by atoms with Gasteiger partial charge in [-0.2, -0.15) is 0 Å². The summed E-state index contributed by atoms with van der Waals surface area (Å²) in [6.45, 7) is 0. The van der Waals surface area contributed by atoms with Crippen LogP contribution in [0.2, 0.25) is 0 Å². The second-order valence-corrected chi connectivity index (χ2v) is 3.98. The minimum Gasteiger partial charge on any atom is -0.0885 e. The van der Waals surface area contributed by atoms with Gasteiger partial charge in [0.05, 0.1) is 0 Å². The molecule has 0 amide bonds. The molecule has 0 aromatic carbocycles. The normalized spacial score (nSPS) is 16.4. The van der Waals surface area contributed by atoms with E-state index >= 15 is 0 Å². The number of hydrogen-bond donors (Lipinski definition) is 0. The van der Waals surface area contributed by atoms with Crippen molar-refractivity contribution >= 4 is 34.8 Å². The van der Waals surface area contributed by atoms with Gasteiger partial charge in [-0.05, 0) is 25.7 Å². The standard InChI is InChI=1S/C6H10.CHCl3/c1-2-4-6-5-3-1;2-1(3)4/h1-2H,3-6H2;1H. The van der Waals surface area contributed by atoms with Crippen LogP contribution in [0.4, 0.5) is 0 Å². The summed E-state index contributed by atoms with van der Waals surface area (Å²) >= 11 is 14.4. The van der Waals surface area contributed by atoms with E-state index in [4.69, 9.17) is 34.8 Å². The minimum atomic E-state index is -0.750. The van der Waals surface area contributed by atoms with E-state index in [2.05, 4.69) is 12.2 Å². The minimum absolute atomic E-state index is 0.750. The van der Waals surface area contributed by atoms with E-state index < -0.39 is 4.30 Å². The smallest absolute Gasteiger partial charge is 0.0885 e. The number of rotatable bonds is 0. The van der Waals surface area contributed by atoms with E-state index in [-0.39, 0.29) is 0 Å². The molecule has 0 aromatic rings. The van der Waals surface area contributed by atoms with Crippen LogP contribution in [0, 0.1) is 0 Å². The zero-order valence-corrected chi connectivity index (χ0v) is 7.96. The van der Waals surface area contributed by atoms with Crippen LogP contribution in [-0.2, 0) is 0 Å². The highest BCUT2D eigenvalue weighted by Crippen LogP contribution is 2.07. The summed E-state index contributed by atoms with van der Waals surface area (Å²) in [4.78, 5) is 0. The lowest BCUT2D eigenvalue weighted by Gasteiger charge is -1.97. The van der Waals surface area contributed by atoms with Gasteiger partial charge in [0.15, 0.2) is 4.30 Å². The van der Waals surface area contributed by atoms with Crippen molar-refractivity contribution in [1.29, 1.82) is 0 Å². The average molecular weight is 202 g/mol. The van der Waals surface area contributed by atoms with Crippen molar-refractivity contribution in [3.05, 3.63) is 12.2 Å². The Bertz CT molecular complexity index is 78.1. The van der Waals surface area contributed by atoms with Crippen LogP contribution in [0.5, 0.6) is 0 Å². The van der Waals surface area contributed by atoms with Crippen LogP contribution < -0.4 is 0 Å². The van der Waals surface area contributed by atoms with Gasteiger partial charge in [-0.3, -0.25) is 0 Å². The summed E-state index contributed by atoms with van der Waals surface area (Å²) in [5, 5.41) is 0. The van der Waals surface area contributed by atoms with Gasteiger partial charge in [-0.1, -0.05) is 47.0 Å². The van der Waals surface area contributed by atoms with Crippen molar-refractivity contribution in [1.82, 2.24) is 0 Å². The van der Waals surface area contributed by atoms with Gasteiger partial charge in [0.1, 0.15) is 0 Å².